The molecule has 3 N–H and O–H groups in total. The van der Waals surface area contributed by atoms with Crippen molar-refractivity contribution in [3.05, 3.63) is 47.7 Å². The van der Waals surface area contributed by atoms with Gasteiger partial charge in [-0.25, -0.2) is 14.6 Å². The van der Waals surface area contributed by atoms with Gasteiger partial charge in [-0.3, -0.25) is 4.90 Å². The first kappa shape index (κ1) is 23.1. The number of rotatable bonds is 6. The molecule has 2 aliphatic heterocycles. The highest BCUT2D eigenvalue weighted by Crippen LogP contribution is 2.46. The number of aliphatic hydroxyl groups is 2. The summed E-state index contributed by atoms with van der Waals surface area (Å²) in [5.41, 5.74) is 4.02. The second-order valence-corrected chi connectivity index (χ2v) is 11.0. The Bertz CT molecular complexity index is 1280. The number of anilines is 2. The van der Waals surface area contributed by atoms with Crippen molar-refractivity contribution in [2.75, 3.05) is 23.3 Å². The van der Waals surface area contributed by atoms with Gasteiger partial charge in [-0.2, -0.15) is 10.1 Å². The summed E-state index contributed by atoms with van der Waals surface area (Å²) in [7, 11) is 0. The number of aromatic nitrogens is 5. The number of nitrogens with one attached hydrogen (secondary N) is 1. The van der Waals surface area contributed by atoms with Gasteiger partial charge in [0.15, 0.2) is 6.23 Å². The molecule has 10 nitrogen and oxygen atoms in total. The molecule has 7 rings (SSSR count). The van der Waals surface area contributed by atoms with Gasteiger partial charge < -0.3 is 20.4 Å². The van der Waals surface area contributed by atoms with Gasteiger partial charge in [-0.1, -0.05) is 12.1 Å². The van der Waals surface area contributed by atoms with Crippen LogP contribution in [0.3, 0.4) is 0 Å². The van der Waals surface area contributed by atoms with E-state index in [4.69, 9.17) is 4.98 Å². The lowest BCUT2D eigenvalue weighted by Gasteiger charge is -2.43. The quantitative estimate of drug-likeness (QED) is 0.468. The summed E-state index contributed by atoms with van der Waals surface area (Å²) in [5.74, 6) is 3.12. The second-order valence-electron chi connectivity index (χ2n) is 11.0. The molecule has 0 bridgehead atoms. The molecule has 0 radical (unpaired) electrons. The molecule has 2 saturated carbocycles. The molecular weight excluding hydrogens is 468 g/mol. The van der Waals surface area contributed by atoms with E-state index in [0.29, 0.717) is 5.95 Å². The van der Waals surface area contributed by atoms with Gasteiger partial charge in [0.05, 0.1) is 19.2 Å². The van der Waals surface area contributed by atoms with E-state index in [2.05, 4.69) is 48.4 Å². The average Bonchev–Trinajstić information content (AvgIpc) is 3.63. The third-order valence-electron chi connectivity index (χ3n) is 8.36. The Morgan fingerprint density at radius 1 is 0.973 bits per heavy atom. The van der Waals surface area contributed by atoms with E-state index in [0.717, 1.165) is 98.2 Å². The third-order valence-corrected chi connectivity index (χ3v) is 8.36. The standard InChI is InChI=1S/C27H34N8O2/c36-20-6-4-19(5-7-20)35-25-23(13-29-27(32-25)28-12-17-1-2-17)21-8-3-18(11-22(21)26(35)37)14-33-9-10-34-24(15-33)30-16-31-34/h3,8,11,13,16-17,19-20,26,36-37H,1-2,4-7,9-10,12,14-15H2,(H,28,29,32). The zero-order valence-electron chi connectivity index (χ0n) is 21.0. The molecule has 2 fully saturated rings. The van der Waals surface area contributed by atoms with Gasteiger partial charge in [0.1, 0.15) is 18.0 Å². The van der Waals surface area contributed by atoms with Crippen molar-refractivity contribution in [1.29, 1.82) is 0 Å². The minimum Gasteiger partial charge on any atom is -0.393 e. The summed E-state index contributed by atoms with van der Waals surface area (Å²) in [5, 5.41) is 29.6. The SMILES string of the molecule is OC1CCC(N2c3nc(NCC4CC4)ncc3-c3ccc(CN4CCn5ncnc5C4)cc3C2O)CC1. The van der Waals surface area contributed by atoms with E-state index in [1.165, 1.54) is 12.8 Å². The van der Waals surface area contributed by atoms with Crippen molar-refractivity contribution >= 4 is 11.8 Å². The summed E-state index contributed by atoms with van der Waals surface area (Å²) >= 11 is 0. The molecule has 194 valence electrons. The summed E-state index contributed by atoms with van der Waals surface area (Å²) in [6.45, 7) is 4.20. The van der Waals surface area contributed by atoms with Crippen LogP contribution in [-0.2, 0) is 19.6 Å². The molecule has 4 heterocycles. The monoisotopic (exact) mass is 502 g/mol. The predicted molar refractivity (Wildman–Crippen MR) is 139 cm³/mol. The van der Waals surface area contributed by atoms with Gasteiger partial charge in [0, 0.05) is 43.0 Å². The molecule has 1 atom stereocenters. The number of fused-ring (bicyclic) bond motifs is 4. The zero-order valence-corrected chi connectivity index (χ0v) is 21.0. The van der Waals surface area contributed by atoms with E-state index in [1.807, 2.05) is 10.9 Å². The van der Waals surface area contributed by atoms with E-state index in [1.54, 1.807) is 6.33 Å². The topological polar surface area (TPSA) is 115 Å². The largest absolute Gasteiger partial charge is 0.393 e. The van der Waals surface area contributed by atoms with E-state index in [9.17, 15) is 10.2 Å². The van der Waals surface area contributed by atoms with Crippen LogP contribution in [0.1, 0.15) is 61.7 Å². The Kier molecular flexibility index (Phi) is 5.82. The fourth-order valence-electron chi connectivity index (χ4n) is 6.05. The molecule has 0 amide bonds. The number of nitrogens with zero attached hydrogens (tertiary/aromatic N) is 7. The number of aliphatic hydroxyl groups excluding tert-OH is 2. The summed E-state index contributed by atoms with van der Waals surface area (Å²) < 4.78 is 1.97. The minimum absolute atomic E-state index is 0.119. The van der Waals surface area contributed by atoms with E-state index < -0.39 is 6.23 Å². The Balaban J connectivity index is 1.20. The Morgan fingerprint density at radius 3 is 2.68 bits per heavy atom. The van der Waals surface area contributed by atoms with Crippen LogP contribution in [0, 0.1) is 5.92 Å². The van der Waals surface area contributed by atoms with Gasteiger partial charge in [0.25, 0.3) is 0 Å². The average molecular weight is 503 g/mol. The van der Waals surface area contributed by atoms with Crippen LogP contribution >= 0.6 is 0 Å². The second kappa shape index (κ2) is 9.34. The molecule has 3 aromatic rings. The third kappa shape index (κ3) is 4.47. The Morgan fingerprint density at radius 2 is 1.84 bits per heavy atom. The Labute approximate surface area is 216 Å². The molecule has 37 heavy (non-hydrogen) atoms. The molecule has 0 spiro atoms. The van der Waals surface area contributed by atoms with E-state index in [-0.39, 0.29) is 12.1 Å². The van der Waals surface area contributed by atoms with Gasteiger partial charge >= 0.3 is 0 Å². The number of hydrogen-bond donors (Lipinski definition) is 3. The normalized spacial score (nSPS) is 25.4. The van der Waals surface area contributed by atoms with Gasteiger partial charge in [-0.15, -0.1) is 0 Å². The number of hydrogen-bond acceptors (Lipinski definition) is 9. The van der Waals surface area contributed by atoms with Crippen LogP contribution < -0.4 is 10.2 Å². The van der Waals surface area contributed by atoms with Gasteiger partial charge in [0.2, 0.25) is 5.95 Å². The van der Waals surface area contributed by atoms with Crippen LogP contribution in [0.4, 0.5) is 11.8 Å². The first-order valence-electron chi connectivity index (χ1n) is 13.6. The lowest BCUT2D eigenvalue weighted by molar-refractivity contribution is 0.100. The molecule has 2 aromatic heterocycles. The highest BCUT2D eigenvalue weighted by molar-refractivity contribution is 5.82. The molecule has 4 aliphatic rings. The van der Waals surface area contributed by atoms with Crippen LogP contribution in [0.2, 0.25) is 0 Å². The molecule has 1 unspecified atom stereocenters. The predicted octanol–water partition coefficient (Wildman–Crippen LogP) is 2.69. The van der Waals surface area contributed by atoms with Crippen LogP contribution in [0.5, 0.6) is 0 Å². The lowest BCUT2D eigenvalue weighted by Crippen LogP contribution is -2.44. The van der Waals surface area contributed by atoms with Crippen molar-refractivity contribution in [3.8, 4) is 11.1 Å². The highest BCUT2D eigenvalue weighted by Gasteiger charge is 2.38. The molecule has 2 aliphatic carbocycles. The number of benzene rings is 1. The van der Waals surface area contributed by atoms with Crippen LogP contribution in [0.15, 0.2) is 30.7 Å². The van der Waals surface area contributed by atoms with Crippen molar-refractivity contribution in [2.24, 2.45) is 5.92 Å². The smallest absolute Gasteiger partial charge is 0.224 e. The molecular formula is C27H34N8O2. The fraction of sp³-hybridized carbons (Fsp3) is 0.556. The van der Waals surface area contributed by atoms with Gasteiger partial charge in [-0.05, 0) is 61.6 Å². The first-order valence-corrected chi connectivity index (χ1v) is 13.6. The lowest BCUT2D eigenvalue weighted by atomic mass is 9.87. The molecule has 10 heteroatoms. The van der Waals surface area contributed by atoms with Crippen molar-refractivity contribution < 1.29 is 10.2 Å². The maximum absolute atomic E-state index is 11.8. The first-order chi connectivity index (χ1) is 18.1. The fourth-order valence-corrected chi connectivity index (χ4v) is 6.05. The zero-order chi connectivity index (χ0) is 24.9. The maximum atomic E-state index is 11.8. The molecule has 0 saturated heterocycles. The Hall–Kier alpha value is -3.08. The summed E-state index contributed by atoms with van der Waals surface area (Å²) in [6.07, 6.45) is 8.16. The van der Waals surface area contributed by atoms with E-state index >= 15 is 0 Å². The summed E-state index contributed by atoms with van der Waals surface area (Å²) in [6, 6.07) is 6.53. The van der Waals surface area contributed by atoms with Crippen LogP contribution in [-0.4, -0.2) is 65.1 Å². The molecule has 1 aromatic carbocycles. The van der Waals surface area contributed by atoms with Crippen molar-refractivity contribution in [3.63, 3.8) is 0 Å². The summed E-state index contributed by atoms with van der Waals surface area (Å²) in [4.78, 5) is 18.4. The van der Waals surface area contributed by atoms with Crippen molar-refractivity contribution in [2.45, 2.75) is 76.5 Å². The highest BCUT2D eigenvalue weighted by atomic mass is 16.3. The van der Waals surface area contributed by atoms with Crippen LogP contribution in [0.25, 0.3) is 11.1 Å². The minimum atomic E-state index is -0.793. The maximum Gasteiger partial charge on any atom is 0.224 e. The van der Waals surface area contributed by atoms with Crippen molar-refractivity contribution in [1.82, 2.24) is 29.6 Å².